The van der Waals surface area contributed by atoms with Gasteiger partial charge in [0, 0.05) is 0 Å². The third-order valence-electron chi connectivity index (χ3n) is 2.93. The SMILES string of the molecule is CCOC(=O)c1nc2n(c(=O)c1O)CCOC2(C)C. The molecule has 0 saturated heterocycles. The maximum absolute atomic E-state index is 12.0. The highest BCUT2D eigenvalue weighted by atomic mass is 16.5. The van der Waals surface area contributed by atoms with Crippen LogP contribution in [0.2, 0.25) is 0 Å². The normalized spacial score (nSPS) is 16.8. The van der Waals surface area contributed by atoms with E-state index in [1.165, 1.54) is 4.57 Å². The van der Waals surface area contributed by atoms with E-state index in [1.807, 2.05) is 0 Å². The average molecular weight is 268 g/mol. The lowest BCUT2D eigenvalue weighted by molar-refractivity contribution is -0.0567. The Kier molecular flexibility index (Phi) is 3.32. The van der Waals surface area contributed by atoms with E-state index in [1.54, 1.807) is 20.8 Å². The highest BCUT2D eigenvalue weighted by Crippen LogP contribution is 2.27. The third-order valence-corrected chi connectivity index (χ3v) is 2.93. The van der Waals surface area contributed by atoms with Gasteiger partial charge in [-0.3, -0.25) is 9.36 Å². The molecule has 7 heteroatoms. The summed E-state index contributed by atoms with van der Waals surface area (Å²) in [4.78, 5) is 27.8. The number of aromatic nitrogens is 2. The molecule has 0 aliphatic carbocycles. The van der Waals surface area contributed by atoms with Gasteiger partial charge in [-0.25, -0.2) is 9.78 Å². The summed E-state index contributed by atoms with van der Waals surface area (Å²) in [7, 11) is 0. The van der Waals surface area contributed by atoms with E-state index >= 15 is 0 Å². The first-order chi connectivity index (χ1) is 8.88. The van der Waals surface area contributed by atoms with Crippen LogP contribution in [-0.2, 0) is 21.6 Å². The molecule has 2 rings (SSSR count). The predicted octanol–water partition coefficient (Wildman–Crippen LogP) is 0.391. The molecule has 0 aromatic carbocycles. The smallest absolute Gasteiger partial charge is 0.361 e. The fraction of sp³-hybridized carbons (Fsp3) is 0.583. The molecule has 0 amide bonds. The maximum Gasteiger partial charge on any atom is 0.361 e. The van der Waals surface area contributed by atoms with Gasteiger partial charge in [0.15, 0.2) is 5.69 Å². The van der Waals surface area contributed by atoms with Gasteiger partial charge >= 0.3 is 5.97 Å². The Bertz CT molecular complexity index is 576. The molecule has 7 nitrogen and oxygen atoms in total. The van der Waals surface area contributed by atoms with Gasteiger partial charge in [0.1, 0.15) is 11.4 Å². The van der Waals surface area contributed by atoms with E-state index in [4.69, 9.17) is 9.47 Å². The van der Waals surface area contributed by atoms with Crippen LogP contribution >= 0.6 is 0 Å². The number of aromatic hydroxyl groups is 1. The van der Waals surface area contributed by atoms with Gasteiger partial charge in [-0.15, -0.1) is 0 Å². The Labute approximate surface area is 109 Å². The predicted molar refractivity (Wildman–Crippen MR) is 65.1 cm³/mol. The van der Waals surface area contributed by atoms with Crippen LogP contribution in [0.1, 0.15) is 37.1 Å². The van der Waals surface area contributed by atoms with Crippen LogP contribution in [0.15, 0.2) is 4.79 Å². The lowest BCUT2D eigenvalue weighted by Gasteiger charge is -2.32. The Morgan fingerprint density at radius 1 is 1.58 bits per heavy atom. The van der Waals surface area contributed by atoms with Crippen molar-refractivity contribution in [2.45, 2.75) is 32.9 Å². The first-order valence-electron chi connectivity index (χ1n) is 6.04. The van der Waals surface area contributed by atoms with Crippen molar-refractivity contribution in [3.05, 3.63) is 21.9 Å². The summed E-state index contributed by atoms with van der Waals surface area (Å²) < 4.78 is 11.6. The van der Waals surface area contributed by atoms with Crippen LogP contribution in [0.5, 0.6) is 5.75 Å². The van der Waals surface area contributed by atoms with E-state index in [0.29, 0.717) is 19.0 Å². The zero-order valence-electron chi connectivity index (χ0n) is 11.1. The molecule has 1 aliphatic heterocycles. The number of hydrogen-bond acceptors (Lipinski definition) is 6. The van der Waals surface area contributed by atoms with Gasteiger partial charge in [0.25, 0.3) is 5.56 Å². The molecule has 1 aromatic rings. The minimum Gasteiger partial charge on any atom is -0.501 e. The van der Waals surface area contributed by atoms with Crippen LogP contribution in [0.25, 0.3) is 0 Å². The van der Waals surface area contributed by atoms with Crippen molar-refractivity contribution in [1.82, 2.24) is 9.55 Å². The summed E-state index contributed by atoms with van der Waals surface area (Å²) in [6.45, 7) is 5.90. The van der Waals surface area contributed by atoms with Crippen molar-refractivity contribution in [2.75, 3.05) is 13.2 Å². The second kappa shape index (κ2) is 4.65. The van der Waals surface area contributed by atoms with Gasteiger partial charge in [-0.1, -0.05) is 0 Å². The van der Waals surface area contributed by atoms with Crippen LogP contribution in [0.4, 0.5) is 0 Å². The molecular formula is C12H16N2O5. The zero-order chi connectivity index (χ0) is 14.2. The Morgan fingerprint density at radius 3 is 2.89 bits per heavy atom. The van der Waals surface area contributed by atoms with Crippen molar-refractivity contribution < 1.29 is 19.4 Å². The van der Waals surface area contributed by atoms with E-state index in [9.17, 15) is 14.7 Å². The largest absolute Gasteiger partial charge is 0.501 e. The molecule has 1 aliphatic rings. The van der Waals surface area contributed by atoms with Crippen molar-refractivity contribution in [2.24, 2.45) is 0 Å². The standard InChI is InChI=1S/C12H16N2O5/c1-4-18-10(17)7-8(15)9(16)14-5-6-19-12(2,3)11(14)13-7/h15H,4-6H2,1-3H3. The molecule has 0 atom stereocenters. The molecule has 19 heavy (non-hydrogen) atoms. The molecule has 0 saturated carbocycles. The monoisotopic (exact) mass is 268 g/mol. The van der Waals surface area contributed by atoms with Crippen molar-refractivity contribution >= 4 is 5.97 Å². The Balaban J connectivity index is 2.64. The van der Waals surface area contributed by atoms with E-state index in [-0.39, 0.29) is 12.3 Å². The summed E-state index contributed by atoms with van der Waals surface area (Å²) in [5.74, 6) is -1.19. The number of ether oxygens (including phenoxy) is 2. The first kappa shape index (κ1) is 13.5. The number of carbonyl (C=O) groups is 1. The Morgan fingerprint density at radius 2 is 2.26 bits per heavy atom. The van der Waals surface area contributed by atoms with Crippen molar-refractivity contribution in [3.63, 3.8) is 0 Å². The minimum atomic E-state index is -0.818. The molecule has 1 aromatic heterocycles. The van der Waals surface area contributed by atoms with Crippen molar-refractivity contribution in [1.29, 1.82) is 0 Å². The average Bonchev–Trinajstić information content (AvgIpc) is 2.34. The lowest BCUT2D eigenvalue weighted by atomic mass is 10.1. The van der Waals surface area contributed by atoms with Gasteiger partial charge in [0.2, 0.25) is 5.75 Å². The summed E-state index contributed by atoms with van der Waals surface area (Å²) in [5.41, 5.74) is -1.81. The number of nitrogens with zero attached hydrogens (tertiary/aromatic N) is 2. The molecule has 0 unspecified atom stereocenters. The summed E-state index contributed by atoms with van der Waals surface area (Å²) in [6, 6.07) is 0. The summed E-state index contributed by atoms with van der Waals surface area (Å²) in [5, 5.41) is 9.78. The number of hydrogen-bond donors (Lipinski definition) is 1. The summed E-state index contributed by atoms with van der Waals surface area (Å²) >= 11 is 0. The van der Waals surface area contributed by atoms with E-state index < -0.39 is 22.9 Å². The molecular weight excluding hydrogens is 252 g/mol. The van der Waals surface area contributed by atoms with Crippen LogP contribution in [0.3, 0.4) is 0 Å². The van der Waals surface area contributed by atoms with Gasteiger partial charge in [-0.2, -0.15) is 0 Å². The zero-order valence-corrected chi connectivity index (χ0v) is 11.1. The molecule has 0 fully saturated rings. The van der Waals surface area contributed by atoms with E-state index in [2.05, 4.69) is 4.98 Å². The number of rotatable bonds is 2. The van der Waals surface area contributed by atoms with Gasteiger partial charge < -0.3 is 14.6 Å². The quantitative estimate of drug-likeness (QED) is 0.780. The fourth-order valence-electron chi connectivity index (χ4n) is 2.01. The van der Waals surface area contributed by atoms with Crippen LogP contribution < -0.4 is 5.56 Å². The van der Waals surface area contributed by atoms with Crippen molar-refractivity contribution in [3.8, 4) is 5.75 Å². The molecule has 0 spiro atoms. The number of carbonyl (C=O) groups excluding carboxylic acids is 1. The van der Waals surface area contributed by atoms with Crippen LogP contribution in [-0.4, -0.2) is 33.8 Å². The fourth-order valence-corrected chi connectivity index (χ4v) is 2.01. The first-order valence-corrected chi connectivity index (χ1v) is 6.04. The third kappa shape index (κ3) is 2.21. The maximum atomic E-state index is 12.0. The van der Waals surface area contributed by atoms with Crippen LogP contribution in [0, 0.1) is 0 Å². The van der Waals surface area contributed by atoms with E-state index in [0.717, 1.165) is 0 Å². The summed E-state index contributed by atoms with van der Waals surface area (Å²) in [6.07, 6.45) is 0. The second-order valence-electron chi connectivity index (χ2n) is 4.67. The lowest BCUT2D eigenvalue weighted by Crippen LogP contribution is -2.41. The molecule has 2 heterocycles. The molecule has 104 valence electrons. The Hall–Kier alpha value is -1.89. The second-order valence-corrected chi connectivity index (χ2v) is 4.67. The highest BCUT2D eigenvalue weighted by molar-refractivity contribution is 5.90. The minimum absolute atomic E-state index is 0.137. The molecule has 0 radical (unpaired) electrons. The number of fused-ring (bicyclic) bond motifs is 1. The van der Waals surface area contributed by atoms with Gasteiger partial charge in [0.05, 0.1) is 19.8 Å². The number of esters is 1. The molecule has 1 N–H and O–H groups in total. The topological polar surface area (TPSA) is 90.7 Å². The van der Waals surface area contributed by atoms with Gasteiger partial charge in [-0.05, 0) is 20.8 Å². The molecule has 0 bridgehead atoms. The highest BCUT2D eigenvalue weighted by Gasteiger charge is 2.34.